The Kier molecular flexibility index (Phi) is 5.17. The lowest BCUT2D eigenvalue weighted by atomic mass is 10.0. The number of rotatable bonds is 4. The molecule has 1 aromatic heterocycles. The molecule has 122 valence electrons. The number of nitrogens with one attached hydrogen (secondary N) is 2. The Morgan fingerprint density at radius 2 is 1.96 bits per heavy atom. The third kappa shape index (κ3) is 4.17. The van der Waals surface area contributed by atoms with Gasteiger partial charge in [0.2, 0.25) is 0 Å². The molecule has 4 nitrogen and oxygen atoms in total. The first-order valence-corrected chi connectivity index (χ1v) is 7.01. The number of halogens is 3. The first-order chi connectivity index (χ1) is 10.8. The lowest BCUT2D eigenvalue weighted by Gasteiger charge is -2.17. The summed E-state index contributed by atoms with van der Waals surface area (Å²) in [6.07, 6.45) is -4.52. The molecular weight excluding hydrogens is 329 g/mol. The number of alkyl halides is 3. The van der Waals surface area contributed by atoms with E-state index in [4.69, 9.17) is 12.2 Å². The van der Waals surface area contributed by atoms with Gasteiger partial charge in [0.15, 0.2) is 0 Å². The molecule has 1 unspecified atom stereocenters. The van der Waals surface area contributed by atoms with Gasteiger partial charge in [-0.25, -0.2) is 0 Å². The number of hydrogen-bond donors (Lipinski definition) is 3. The third-order valence-electron chi connectivity index (χ3n) is 3.14. The van der Waals surface area contributed by atoms with Crippen LogP contribution in [-0.4, -0.2) is 22.5 Å². The van der Waals surface area contributed by atoms with Crippen molar-refractivity contribution in [3.63, 3.8) is 0 Å². The maximum Gasteiger partial charge on any atom is 0.416 e. The molecule has 0 saturated heterocycles. The second kappa shape index (κ2) is 6.93. The standard InChI is InChI=1S/C15H13F3N2O2S/c16-15(17,18)11-6-2-1-4-9(11)12(21)8-20-13(22)10-5-3-7-19-14(10)23/h1-7,12,21H,8H2,(H,19,23)(H,20,22). The average Bonchev–Trinajstić information content (AvgIpc) is 2.52. The van der Waals surface area contributed by atoms with Crippen LogP contribution in [0.3, 0.4) is 0 Å². The number of amides is 1. The number of carbonyl (C=O) groups is 1. The van der Waals surface area contributed by atoms with Gasteiger partial charge in [0.1, 0.15) is 4.64 Å². The van der Waals surface area contributed by atoms with E-state index in [1.807, 2.05) is 0 Å². The summed E-state index contributed by atoms with van der Waals surface area (Å²) in [5.41, 5.74) is -1.05. The number of aromatic nitrogens is 1. The summed E-state index contributed by atoms with van der Waals surface area (Å²) in [6.45, 7) is -0.365. The summed E-state index contributed by atoms with van der Waals surface area (Å²) >= 11 is 4.94. The predicted molar refractivity (Wildman–Crippen MR) is 80.4 cm³/mol. The van der Waals surface area contributed by atoms with Crippen LogP contribution in [0.15, 0.2) is 42.6 Å². The Balaban J connectivity index is 2.12. The first kappa shape index (κ1) is 17.2. The summed E-state index contributed by atoms with van der Waals surface area (Å²) in [7, 11) is 0. The van der Waals surface area contributed by atoms with Gasteiger partial charge in [-0.15, -0.1) is 0 Å². The number of hydrogen-bond acceptors (Lipinski definition) is 3. The van der Waals surface area contributed by atoms with Crippen molar-refractivity contribution in [2.75, 3.05) is 6.54 Å². The zero-order valence-corrected chi connectivity index (χ0v) is 12.5. The summed E-state index contributed by atoms with van der Waals surface area (Å²) in [6, 6.07) is 7.73. The minimum atomic E-state index is -4.58. The van der Waals surface area contributed by atoms with E-state index < -0.39 is 23.8 Å². The molecule has 0 radical (unpaired) electrons. The van der Waals surface area contributed by atoms with Crippen molar-refractivity contribution in [3.8, 4) is 0 Å². The number of H-pyrrole nitrogens is 1. The minimum absolute atomic E-state index is 0.179. The van der Waals surface area contributed by atoms with Crippen LogP contribution in [0.2, 0.25) is 0 Å². The molecule has 8 heteroatoms. The van der Waals surface area contributed by atoms with Crippen molar-refractivity contribution in [2.45, 2.75) is 12.3 Å². The molecule has 0 fully saturated rings. The minimum Gasteiger partial charge on any atom is -0.387 e. The van der Waals surface area contributed by atoms with Crippen LogP contribution in [-0.2, 0) is 6.18 Å². The molecule has 1 atom stereocenters. The van der Waals surface area contributed by atoms with E-state index in [1.54, 1.807) is 12.3 Å². The quantitative estimate of drug-likeness (QED) is 0.748. The third-order valence-corrected chi connectivity index (χ3v) is 3.48. The fourth-order valence-electron chi connectivity index (χ4n) is 2.04. The molecule has 2 rings (SSSR count). The van der Waals surface area contributed by atoms with Gasteiger partial charge >= 0.3 is 6.18 Å². The van der Waals surface area contributed by atoms with Gasteiger partial charge in [-0.1, -0.05) is 30.4 Å². The highest BCUT2D eigenvalue weighted by molar-refractivity contribution is 7.71. The van der Waals surface area contributed by atoms with E-state index in [-0.39, 0.29) is 22.3 Å². The maximum absolute atomic E-state index is 12.9. The van der Waals surface area contributed by atoms with Crippen LogP contribution in [0.4, 0.5) is 13.2 Å². The van der Waals surface area contributed by atoms with Crippen LogP contribution in [0.5, 0.6) is 0 Å². The fourth-order valence-corrected chi connectivity index (χ4v) is 2.27. The molecule has 0 bridgehead atoms. The number of aromatic amines is 1. The van der Waals surface area contributed by atoms with Crippen molar-refractivity contribution in [2.24, 2.45) is 0 Å². The zero-order chi connectivity index (χ0) is 17.0. The van der Waals surface area contributed by atoms with Gasteiger partial charge in [0.25, 0.3) is 5.91 Å². The molecule has 0 aliphatic carbocycles. The average molecular weight is 342 g/mol. The van der Waals surface area contributed by atoms with Crippen LogP contribution in [0.1, 0.15) is 27.6 Å². The summed E-state index contributed by atoms with van der Waals surface area (Å²) in [5, 5.41) is 12.4. The lowest BCUT2D eigenvalue weighted by Crippen LogP contribution is -2.29. The number of aliphatic hydroxyl groups excluding tert-OH is 1. The second-order valence-corrected chi connectivity index (χ2v) is 5.13. The smallest absolute Gasteiger partial charge is 0.387 e. The molecule has 2 aromatic rings. The summed E-state index contributed by atoms with van der Waals surface area (Å²) in [5.74, 6) is -0.574. The zero-order valence-electron chi connectivity index (χ0n) is 11.7. The summed E-state index contributed by atoms with van der Waals surface area (Å²) in [4.78, 5) is 14.6. The van der Waals surface area contributed by atoms with E-state index in [1.165, 1.54) is 24.3 Å². The number of benzene rings is 1. The molecular formula is C15H13F3N2O2S. The molecule has 1 aromatic carbocycles. The van der Waals surface area contributed by atoms with Crippen LogP contribution >= 0.6 is 12.2 Å². The molecule has 0 saturated carbocycles. The monoisotopic (exact) mass is 342 g/mol. The van der Waals surface area contributed by atoms with Crippen molar-refractivity contribution in [3.05, 3.63) is 63.9 Å². The highest BCUT2D eigenvalue weighted by Gasteiger charge is 2.34. The lowest BCUT2D eigenvalue weighted by molar-refractivity contribution is -0.139. The van der Waals surface area contributed by atoms with Crippen molar-refractivity contribution in [1.82, 2.24) is 10.3 Å². The SMILES string of the molecule is O=C(NCC(O)c1ccccc1C(F)(F)F)c1ccc[nH]c1=S. The van der Waals surface area contributed by atoms with E-state index in [2.05, 4.69) is 10.3 Å². The second-order valence-electron chi connectivity index (χ2n) is 4.72. The predicted octanol–water partition coefficient (Wildman–Crippen LogP) is 3.23. The van der Waals surface area contributed by atoms with Gasteiger partial charge in [-0.3, -0.25) is 4.79 Å². The van der Waals surface area contributed by atoms with Gasteiger partial charge in [0.05, 0.1) is 17.2 Å². The van der Waals surface area contributed by atoms with Gasteiger partial charge in [-0.2, -0.15) is 13.2 Å². The molecule has 0 aliphatic heterocycles. The number of carbonyl (C=O) groups excluding carboxylic acids is 1. The Bertz CT molecular complexity index is 759. The molecule has 3 N–H and O–H groups in total. The molecule has 0 aliphatic rings. The van der Waals surface area contributed by atoms with Crippen molar-refractivity contribution in [1.29, 1.82) is 0 Å². The van der Waals surface area contributed by atoms with Gasteiger partial charge < -0.3 is 15.4 Å². The van der Waals surface area contributed by atoms with E-state index >= 15 is 0 Å². The number of pyridine rings is 1. The maximum atomic E-state index is 12.9. The Morgan fingerprint density at radius 1 is 1.26 bits per heavy atom. The molecule has 1 amide bonds. The molecule has 0 spiro atoms. The van der Waals surface area contributed by atoms with Crippen LogP contribution in [0.25, 0.3) is 0 Å². The van der Waals surface area contributed by atoms with E-state index in [9.17, 15) is 23.1 Å². The topological polar surface area (TPSA) is 65.1 Å². The number of aliphatic hydroxyl groups is 1. The largest absolute Gasteiger partial charge is 0.416 e. The van der Waals surface area contributed by atoms with E-state index in [0.717, 1.165) is 6.07 Å². The van der Waals surface area contributed by atoms with Crippen molar-refractivity contribution < 1.29 is 23.1 Å². The fraction of sp³-hybridized carbons (Fsp3) is 0.200. The molecule has 1 heterocycles. The Labute approximate surface area is 135 Å². The Morgan fingerprint density at radius 3 is 2.61 bits per heavy atom. The van der Waals surface area contributed by atoms with Gasteiger partial charge in [-0.05, 0) is 23.8 Å². The highest BCUT2D eigenvalue weighted by Crippen LogP contribution is 2.34. The normalized spacial score (nSPS) is 12.7. The van der Waals surface area contributed by atoms with E-state index in [0.29, 0.717) is 0 Å². The van der Waals surface area contributed by atoms with Crippen LogP contribution in [0, 0.1) is 4.64 Å². The van der Waals surface area contributed by atoms with Gasteiger partial charge in [0, 0.05) is 12.7 Å². The van der Waals surface area contributed by atoms with Crippen molar-refractivity contribution >= 4 is 18.1 Å². The Hall–Kier alpha value is -2.19. The molecule has 23 heavy (non-hydrogen) atoms. The highest BCUT2D eigenvalue weighted by atomic mass is 32.1. The summed E-state index contributed by atoms with van der Waals surface area (Å²) < 4.78 is 38.9. The first-order valence-electron chi connectivity index (χ1n) is 6.61. The van der Waals surface area contributed by atoms with Crippen LogP contribution < -0.4 is 5.32 Å².